The van der Waals surface area contributed by atoms with Crippen molar-refractivity contribution < 1.29 is 4.42 Å². The monoisotopic (exact) mass is 662 g/mol. The number of benzene rings is 8. The van der Waals surface area contributed by atoms with Crippen LogP contribution in [0, 0.1) is 6.57 Å². The molecule has 8 aromatic carbocycles. The number of rotatable bonds is 5. The molecule has 52 heavy (non-hydrogen) atoms. The maximum absolute atomic E-state index is 7.71. The van der Waals surface area contributed by atoms with Gasteiger partial charge < -0.3 is 8.98 Å². The van der Waals surface area contributed by atoms with E-state index < -0.39 is 0 Å². The van der Waals surface area contributed by atoms with E-state index in [1.807, 2.05) is 18.2 Å². The van der Waals surface area contributed by atoms with Crippen molar-refractivity contribution in [2.75, 3.05) is 0 Å². The molecule has 0 aliphatic carbocycles. The summed E-state index contributed by atoms with van der Waals surface area (Å²) >= 11 is 0. The van der Waals surface area contributed by atoms with Crippen molar-refractivity contribution in [3.8, 4) is 50.2 Å². The Kier molecular flexibility index (Phi) is 6.87. The van der Waals surface area contributed by atoms with Gasteiger partial charge in [-0.15, -0.1) is 0 Å². The van der Waals surface area contributed by atoms with Crippen molar-refractivity contribution in [1.82, 2.24) is 4.57 Å². The quantitative estimate of drug-likeness (QED) is 0.168. The number of fused-ring (bicyclic) bond motifs is 6. The standard InChI is InChI=1S/C49H30N2O/c1-50-40-20-23-47-43(30-40)42-28-38(33-12-6-3-7-13-33)18-22-46(42)51(47)41-21-25-49-45(31-41)44-29-39(19-24-48(44)52-49)37-17-9-16-36(27-37)35-15-8-14-34(26-35)32-10-4-2-5-11-32/h2-31H. The highest BCUT2D eigenvalue weighted by Crippen LogP contribution is 2.39. The van der Waals surface area contributed by atoms with Crippen LogP contribution in [0.25, 0.3) is 98.8 Å². The molecule has 0 amide bonds. The molecular weight excluding hydrogens is 633 g/mol. The van der Waals surface area contributed by atoms with E-state index in [-0.39, 0.29) is 0 Å². The number of hydrogen-bond donors (Lipinski definition) is 0. The Morgan fingerprint density at radius 1 is 0.365 bits per heavy atom. The predicted octanol–water partition coefficient (Wildman–Crippen LogP) is 13.9. The fourth-order valence-electron chi connectivity index (χ4n) is 7.64. The molecular formula is C49H30N2O. The van der Waals surface area contributed by atoms with Crippen LogP contribution in [-0.2, 0) is 0 Å². The molecule has 0 fully saturated rings. The second-order valence-corrected chi connectivity index (χ2v) is 13.3. The second kappa shape index (κ2) is 12.0. The number of furan rings is 1. The first-order valence-electron chi connectivity index (χ1n) is 17.4. The lowest BCUT2D eigenvalue weighted by molar-refractivity contribution is 0.669. The molecule has 0 aliphatic heterocycles. The maximum Gasteiger partial charge on any atom is 0.188 e. The van der Waals surface area contributed by atoms with E-state index in [1.54, 1.807) is 0 Å². The minimum Gasteiger partial charge on any atom is -0.456 e. The molecule has 0 saturated heterocycles. The summed E-state index contributed by atoms with van der Waals surface area (Å²) in [5.41, 5.74) is 14.9. The Labute approximate surface area is 301 Å². The van der Waals surface area contributed by atoms with E-state index in [0.29, 0.717) is 5.69 Å². The van der Waals surface area contributed by atoms with Crippen molar-refractivity contribution in [1.29, 1.82) is 0 Å². The third-order valence-corrected chi connectivity index (χ3v) is 10.2. The van der Waals surface area contributed by atoms with Gasteiger partial charge >= 0.3 is 0 Å². The van der Waals surface area contributed by atoms with Crippen molar-refractivity contribution in [3.63, 3.8) is 0 Å². The summed E-state index contributed by atoms with van der Waals surface area (Å²) in [5, 5.41) is 4.33. The van der Waals surface area contributed by atoms with Gasteiger partial charge in [-0.2, -0.15) is 0 Å². The fourth-order valence-corrected chi connectivity index (χ4v) is 7.64. The van der Waals surface area contributed by atoms with Crippen molar-refractivity contribution >= 4 is 49.4 Å². The summed E-state index contributed by atoms with van der Waals surface area (Å²) in [6.07, 6.45) is 0. The van der Waals surface area contributed by atoms with Crippen LogP contribution in [0.15, 0.2) is 186 Å². The first-order valence-corrected chi connectivity index (χ1v) is 17.4. The SMILES string of the molecule is [C-]#[N+]c1ccc2c(c1)c1cc(-c3ccccc3)ccc1n2-c1ccc2oc3ccc(-c4cccc(-c5cccc(-c6ccccc6)c5)c4)cc3c2c1. The Bertz CT molecular complexity index is 3020. The van der Waals surface area contributed by atoms with Gasteiger partial charge in [0.05, 0.1) is 17.6 Å². The van der Waals surface area contributed by atoms with E-state index in [1.165, 1.54) is 27.8 Å². The van der Waals surface area contributed by atoms with Crippen LogP contribution in [0.2, 0.25) is 0 Å². The van der Waals surface area contributed by atoms with E-state index in [9.17, 15) is 0 Å². The van der Waals surface area contributed by atoms with Crippen molar-refractivity contribution in [2.45, 2.75) is 0 Å². The Morgan fingerprint density at radius 2 is 0.827 bits per heavy atom. The van der Waals surface area contributed by atoms with Gasteiger partial charge in [-0.3, -0.25) is 0 Å². The first kappa shape index (κ1) is 29.7. The minimum atomic E-state index is 0.633. The van der Waals surface area contributed by atoms with Crippen LogP contribution in [0.3, 0.4) is 0 Å². The largest absolute Gasteiger partial charge is 0.456 e. The van der Waals surface area contributed by atoms with Gasteiger partial charge in [0.15, 0.2) is 5.69 Å². The van der Waals surface area contributed by atoms with Gasteiger partial charge in [0.1, 0.15) is 11.2 Å². The summed E-state index contributed by atoms with van der Waals surface area (Å²) in [6, 6.07) is 64.1. The van der Waals surface area contributed by atoms with Crippen LogP contribution in [0.5, 0.6) is 0 Å². The summed E-state index contributed by atoms with van der Waals surface area (Å²) in [6.45, 7) is 7.71. The summed E-state index contributed by atoms with van der Waals surface area (Å²) < 4.78 is 8.70. The maximum atomic E-state index is 7.71. The summed E-state index contributed by atoms with van der Waals surface area (Å²) in [5.74, 6) is 0. The molecule has 0 atom stereocenters. The lowest BCUT2D eigenvalue weighted by Gasteiger charge is -2.09. The number of aromatic nitrogens is 1. The van der Waals surface area contributed by atoms with Gasteiger partial charge in [0.2, 0.25) is 0 Å². The summed E-state index contributed by atoms with van der Waals surface area (Å²) in [4.78, 5) is 3.76. The van der Waals surface area contributed by atoms with E-state index >= 15 is 0 Å². The van der Waals surface area contributed by atoms with Crippen LogP contribution in [0.4, 0.5) is 5.69 Å². The molecule has 0 bridgehead atoms. The second-order valence-electron chi connectivity index (χ2n) is 13.3. The molecule has 10 rings (SSSR count). The van der Waals surface area contributed by atoms with E-state index in [4.69, 9.17) is 11.0 Å². The van der Waals surface area contributed by atoms with Crippen molar-refractivity contribution in [2.24, 2.45) is 0 Å². The number of hydrogen-bond acceptors (Lipinski definition) is 1. The first-order chi connectivity index (χ1) is 25.7. The van der Waals surface area contributed by atoms with Gasteiger partial charge in [-0.1, -0.05) is 115 Å². The topological polar surface area (TPSA) is 22.4 Å². The fraction of sp³-hybridized carbons (Fsp3) is 0. The highest BCUT2D eigenvalue weighted by Gasteiger charge is 2.17. The molecule has 0 spiro atoms. The Hall–Kier alpha value is -7.15. The molecule has 0 aliphatic rings. The zero-order valence-electron chi connectivity index (χ0n) is 28.1. The lowest BCUT2D eigenvalue weighted by Crippen LogP contribution is -1.93. The van der Waals surface area contributed by atoms with Crippen LogP contribution >= 0.6 is 0 Å². The molecule has 3 nitrogen and oxygen atoms in total. The lowest BCUT2D eigenvalue weighted by atomic mass is 9.96. The minimum absolute atomic E-state index is 0.633. The highest BCUT2D eigenvalue weighted by atomic mass is 16.3. The van der Waals surface area contributed by atoms with E-state index in [0.717, 1.165) is 66.1 Å². The summed E-state index contributed by atoms with van der Waals surface area (Å²) in [7, 11) is 0. The molecule has 0 saturated carbocycles. The van der Waals surface area contributed by atoms with Gasteiger partial charge in [0.25, 0.3) is 0 Å². The normalized spacial score (nSPS) is 11.4. The van der Waals surface area contributed by atoms with E-state index in [2.05, 4.69) is 173 Å². The number of nitrogens with zero attached hydrogens (tertiary/aromatic N) is 2. The third kappa shape index (κ3) is 4.97. The molecule has 0 N–H and O–H groups in total. The molecule has 0 unspecified atom stereocenters. The van der Waals surface area contributed by atoms with Crippen LogP contribution in [0.1, 0.15) is 0 Å². The van der Waals surface area contributed by atoms with Crippen LogP contribution < -0.4 is 0 Å². The van der Waals surface area contributed by atoms with Gasteiger partial charge in [0, 0.05) is 21.8 Å². The Balaban J connectivity index is 1.09. The third-order valence-electron chi connectivity index (χ3n) is 10.2. The average Bonchev–Trinajstić information content (AvgIpc) is 3.75. The average molecular weight is 663 g/mol. The highest BCUT2D eigenvalue weighted by molar-refractivity contribution is 6.12. The molecule has 10 aromatic rings. The van der Waals surface area contributed by atoms with Gasteiger partial charge in [-0.25, -0.2) is 4.85 Å². The van der Waals surface area contributed by atoms with Gasteiger partial charge in [-0.05, 0) is 117 Å². The molecule has 2 heterocycles. The zero-order valence-corrected chi connectivity index (χ0v) is 28.1. The van der Waals surface area contributed by atoms with Crippen molar-refractivity contribution in [3.05, 3.63) is 193 Å². The molecule has 3 heteroatoms. The smallest absolute Gasteiger partial charge is 0.188 e. The molecule has 242 valence electrons. The molecule has 2 aromatic heterocycles. The Morgan fingerprint density at radius 3 is 1.46 bits per heavy atom. The molecule has 0 radical (unpaired) electrons. The predicted molar refractivity (Wildman–Crippen MR) is 216 cm³/mol. The van der Waals surface area contributed by atoms with Crippen LogP contribution in [-0.4, -0.2) is 4.57 Å². The zero-order chi connectivity index (χ0) is 34.6.